The van der Waals surface area contributed by atoms with Crippen molar-refractivity contribution in [3.63, 3.8) is 0 Å². The topological polar surface area (TPSA) is 93.3 Å². The SMILES string of the molecule is COc1cc(/C=N/N=c2\scc(C3=CC(=O)C=CC3=O)n2-c2ccccc2)ccc1O. The van der Waals surface area contributed by atoms with E-state index in [4.69, 9.17) is 4.74 Å². The highest BCUT2D eigenvalue weighted by Gasteiger charge is 2.20. The Morgan fingerprint density at radius 2 is 1.90 bits per heavy atom. The van der Waals surface area contributed by atoms with Crippen LogP contribution in [0.2, 0.25) is 0 Å². The number of carbonyl (C=O) groups excluding carboxylic acids is 2. The van der Waals surface area contributed by atoms with Crippen molar-refractivity contribution in [1.82, 2.24) is 4.57 Å². The fourth-order valence-corrected chi connectivity index (χ4v) is 3.88. The first-order chi connectivity index (χ1) is 15.1. The first-order valence-electron chi connectivity index (χ1n) is 9.25. The van der Waals surface area contributed by atoms with Crippen molar-refractivity contribution in [2.45, 2.75) is 0 Å². The summed E-state index contributed by atoms with van der Waals surface area (Å²) in [5, 5.41) is 20.0. The van der Waals surface area contributed by atoms with E-state index in [0.717, 1.165) is 5.69 Å². The van der Waals surface area contributed by atoms with E-state index in [2.05, 4.69) is 10.2 Å². The number of aromatic hydroxyl groups is 1. The number of methoxy groups -OCH3 is 1. The minimum atomic E-state index is -0.242. The summed E-state index contributed by atoms with van der Waals surface area (Å²) in [5.41, 5.74) is 2.36. The molecule has 3 aromatic rings. The highest BCUT2D eigenvalue weighted by atomic mass is 32.1. The molecule has 154 valence electrons. The van der Waals surface area contributed by atoms with Gasteiger partial charge in [0.1, 0.15) is 0 Å². The fourth-order valence-electron chi connectivity index (χ4n) is 3.02. The van der Waals surface area contributed by atoms with Gasteiger partial charge in [-0.15, -0.1) is 16.4 Å². The highest BCUT2D eigenvalue weighted by Crippen LogP contribution is 2.26. The Hall–Kier alpha value is -4.04. The number of nitrogens with zero attached hydrogens (tertiary/aromatic N) is 3. The first kappa shape index (κ1) is 20.2. The van der Waals surface area contributed by atoms with Gasteiger partial charge in [0.15, 0.2) is 23.1 Å². The van der Waals surface area contributed by atoms with Crippen molar-refractivity contribution in [1.29, 1.82) is 0 Å². The van der Waals surface area contributed by atoms with Gasteiger partial charge < -0.3 is 9.84 Å². The Morgan fingerprint density at radius 1 is 1.10 bits per heavy atom. The maximum absolute atomic E-state index is 12.4. The fraction of sp³-hybridized carbons (Fsp3) is 0.0435. The monoisotopic (exact) mass is 431 g/mol. The van der Waals surface area contributed by atoms with Gasteiger partial charge in [-0.25, -0.2) is 0 Å². The van der Waals surface area contributed by atoms with E-state index in [1.807, 2.05) is 30.3 Å². The molecule has 1 aliphatic carbocycles. The summed E-state index contributed by atoms with van der Waals surface area (Å²) >= 11 is 1.30. The van der Waals surface area contributed by atoms with Gasteiger partial charge in [0.25, 0.3) is 0 Å². The lowest BCUT2D eigenvalue weighted by Crippen LogP contribution is -2.18. The van der Waals surface area contributed by atoms with E-state index in [1.54, 1.807) is 22.1 Å². The van der Waals surface area contributed by atoms with Crippen molar-refractivity contribution < 1.29 is 19.4 Å². The van der Waals surface area contributed by atoms with Crippen molar-refractivity contribution in [2.75, 3.05) is 7.11 Å². The number of carbonyl (C=O) groups is 2. The number of phenols is 1. The predicted octanol–water partition coefficient (Wildman–Crippen LogP) is 3.28. The molecule has 7 nitrogen and oxygen atoms in total. The van der Waals surface area contributed by atoms with Gasteiger partial charge in [0, 0.05) is 11.1 Å². The van der Waals surface area contributed by atoms with E-state index in [-0.39, 0.29) is 17.3 Å². The average Bonchev–Trinajstić information content (AvgIpc) is 3.20. The zero-order chi connectivity index (χ0) is 21.8. The van der Waals surface area contributed by atoms with Crippen LogP contribution in [0.4, 0.5) is 0 Å². The largest absolute Gasteiger partial charge is 0.504 e. The molecular weight excluding hydrogens is 414 g/mol. The van der Waals surface area contributed by atoms with Gasteiger partial charge in [0.2, 0.25) is 4.80 Å². The standard InChI is InChI=1S/C23H17N3O4S/c1-30-22-11-15(7-9-21(22)29)13-24-25-23-26(16-5-3-2-4-6-16)19(14-31-23)18-12-17(27)8-10-20(18)28/h2-14,29H,1H3/b24-13+,25-23-. The van der Waals surface area contributed by atoms with E-state index < -0.39 is 0 Å². The lowest BCUT2D eigenvalue weighted by atomic mass is 10.0. The lowest BCUT2D eigenvalue weighted by molar-refractivity contribution is -0.113. The normalized spacial score (nSPS) is 14.4. The number of rotatable bonds is 5. The molecule has 0 atom stereocenters. The van der Waals surface area contributed by atoms with Crippen molar-refractivity contribution in [2.24, 2.45) is 10.2 Å². The molecule has 0 aliphatic heterocycles. The molecule has 2 aromatic carbocycles. The maximum atomic E-state index is 12.4. The third-order valence-corrected chi connectivity index (χ3v) is 5.32. The zero-order valence-electron chi connectivity index (χ0n) is 16.4. The number of allylic oxidation sites excluding steroid dienone is 4. The van der Waals surface area contributed by atoms with Crippen LogP contribution in [0, 0.1) is 0 Å². The number of hydrogen-bond acceptors (Lipinski definition) is 7. The van der Waals surface area contributed by atoms with Gasteiger partial charge in [-0.1, -0.05) is 18.2 Å². The predicted molar refractivity (Wildman–Crippen MR) is 119 cm³/mol. The van der Waals surface area contributed by atoms with Gasteiger partial charge in [-0.3, -0.25) is 14.2 Å². The lowest BCUT2D eigenvalue weighted by Gasteiger charge is -2.11. The number of phenolic OH excluding ortho intramolecular Hbond substituents is 1. The molecule has 0 spiro atoms. The van der Waals surface area contributed by atoms with Crippen LogP contribution in [-0.4, -0.2) is 34.6 Å². The van der Waals surface area contributed by atoms with Gasteiger partial charge >= 0.3 is 0 Å². The second-order valence-corrected chi connectivity index (χ2v) is 7.34. The molecule has 0 saturated carbocycles. The van der Waals surface area contributed by atoms with Crippen molar-refractivity contribution >= 4 is 34.7 Å². The third-order valence-electron chi connectivity index (χ3n) is 4.50. The van der Waals surface area contributed by atoms with E-state index in [9.17, 15) is 14.7 Å². The van der Waals surface area contributed by atoms with Crippen LogP contribution in [0.15, 0.2) is 82.3 Å². The minimum absolute atomic E-state index is 0.0374. The van der Waals surface area contributed by atoms with Crippen LogP contribution in [0.3, 0.4) is 0 Å². The Morgan fingerprint density at radius 3 is 2.68 bits per heavy atom. The summed E-state index contributed by atoms with van der Waals surface area (Å²) in [6, 6.07) is 14.3. The van der Waals surface area contributed by atoms with Gasteiger partial charge in [-0.2, -0.15) is 5.10 Å². The molecule has 1 heterocycles. The van der Waals surface area contributed by atoms with Crippen LogP contribution in [-0.2, 0) is 9.59 Å². The molecule has 0 unspecified atom stereocenters. The molecule has 8 heteroatoms. The van der Waals surface area contributed by atoms with Crippen LogP contribution in [0.1, 0.15) is 11.3 Å². The van der Waals surface area contributed by atoms with Crippen LogP contribution in [0.5, 0.6) is 11.5 Å². The molecule has 0 amide bonds. The number of hydrogen-bond donors (Lipinski definition) is 1. The Labute approximate surface area is 181 Å². The summed E-state index contributed by atoms with van der Waals surface area (Å²) in [6.07, 6.45) is 5.40. The second-order valence-electron chi connectivity index (χ2n) is 6.51. The van der Waals surface area contributed by atoms with E-state index >= 15 is 0 Å². The molecule has 31 heavy (non-hydrogen) atoms. The zero-order valence-corrected chi connectivity index (χ0v) is 17.2. The van der Waals surface area contributed by atoms with Crippen LogP contribution in [0.25, 0.3) is 11.3 Å². The molecule has 1 N–H and O–H groups in total. The number of thiazole rings is 1. The van der Waals surface area contributed by atoms with E-state index in [1.165, 1.54) is 49.0 Å². The minimum Gasteiger partial charge on any atom is -0.504 e. The summed E-state index contributed by atoms with van der Waals surface area (Å²) in [6.45, 7) is 0. The molecule has 1 aromatic heterocycles. The average molecular weight is 431 g/mol. The van der Waals surface area contributed by atoms with Crippen LogP contribution >= 0.6 is 11.3 Å². The Kier molecular flexibility index (Phi) is 5.72. The number of benzene rings is 2. The Balaban J connectivity index is 1.79. The van der Waals surface area contributed by atoms with Crippen molar-refractivity contribution in [3.05, 3.63) is 88.2 Å². The van der Waals surface area contributed by atoms with E-state index in [0.29, 0.717) is 27.4 Å². The number of ether oxygens (including phenoxy) is 1. The van der Waals surface area contributed by atoms with Crippen molar-refractivity contribution in [3.8, 4) is 17.2 Å². The number of para-hydroxylation sites is 1. The molecular formula is C23H17N3O4S. The summed E-state index contributed by atoms with van der Waals surface area (Å²) in [4.78, 5) is 24.8. The smallest absolute Gasteiger partial charge is 0.215 e. The van der Waals surface area contributed by atoms with Gasteiger partial charge in [-0.05, 0) is 54.1 Å². The molecule has 0 fully saturated rings. The maximum Gasteiger partial charge on any atom is 0.215 e. The summed E-state index contributed by atoms with van der Waals surface area (Å²) < 4.78 is 6.89. The van der Waals surface area contributed by atoms with Gasteiger partial charge in [0.05, 0.1) is 24.6 Å². The number of ketones is 2. The molecule has 0 bridgehead atoms. The highest BCUT2D eigenvalue weighted by molar-refractivity contribution is 7.07. The second kappa shape index (κ2) is 8.76. The third kappa shape index (κ3) is 4.29. The first-order valence-corrected chi connectivity index (χ1v) is 10.1. The molecule has 0 radical (unpaired) electrons. The molecule has 4 rings (SSSR count). The molecule has 1 aliphatic rings. The summed E-state index contributed by atoms with van der Waals surface area (Å²) in [7, 11) is 1.47. The summed E-state index contributed by atoms with van der Waals surface area (Å²) in [5.74, 6) is -0.107. The van der Waals surface area contributed by atoms with Crippen LogP contribution < -0.4 is 9.54 Å². The molecule has 0 saturated heterocycles. The Bertz CT molecular complexity index is 1310. The quantitative estimate of drug-likeness (QED) is 0.381. The number of aromatic nitrogens is 1.